The van der Waals surface area contributed by atoms with Crippen LogP contribution in [0, 0.1) is 0 Å². The summed E-state index contributed by atoms with van der Waals surface area (Å²) in [6.45, 7) is 1.38. The van der Waals surface area contributed by atoms with Crippen LogP contribution in [0.5, 0.6) is 0 Å². The second-order valence-corrected chi connectivity index (χ2v) is 3.47. The lowest BCUT2D eigenvalue weighted by Gasteiger charge is -2.04. The SMILES string of the molecule is O=C(NCCCn1cccn1)c1cnccn1. The van der Waals surface area contributed by atoms with E-state index in [1.165, 1.54) is 18.6 Å². The van der Waals surface area contributed by atoms with Gasteiger partial charge in [-0.05, 0) is 12.5 Å². The fourth-order valence-electron chi connectivity index (χ4n) is 1.38. The first-order chi connectivity index (χ1) is 8.36. The first-order valence-corrected chi connectivity index (χ1v) is 5.38. The summed E-state index contributed by atoms with van der Waals surface area (Å²) in [5, 5.41) is 6.85. The fraction of sp³-hybridized carbons (Fsp3) is 0.273. The second kappa shape index (κ2) is 5.74. The first-order valence-electron chi connectivity index (χ1n) is 5.38. The molecule has 1 N–H and O–H groups in total. The lowest BCUT2D eigenvalue weighted by molar-refractivity contribution is 0.0947. The minimum Gasteiger partial charge on any atom is -0.351 e. The average molecular weight is 231 g/mol. The molecule has 0 radical (unpaired) electrons. The molecule has 0 fully saturated rings. The lowest BCUT2D eigenvalue weighted by atomic mass is 10.4. The van der Waals surface area contributed by atoms with Crippen LogP contribution in [0.3, 0.4) is 0 Å². The van der Waals surface area contributed by atoms with Crippen LogP contribution in [0.15, 0.2) is 37.1 Å². The van der Waals surface area contributed by atoms with Crippen molar-refractivity contribution in [3.63, 3.8) is 0 Å². The minimum atomic E-state index is -0.196. The molecule has 2 aromatic heterocycles. The van der Waals surface area contributed by atoms with Gasteiger partial charge in [0.2, 0.25) is 0 Å². The highest BCUT2D eigenvalue weighted by atomic mass is 16.1. The van der Waals surface area contributed by atoms with Crippen molar-refractivity contribution in [3.8, 4) is 0 Å². The van der Waals surface area contributed by atoms with Gasteiger partial charge in [0.25, 0.3) is 5.91 Å². The largest absolute Gasteiger partial charge is 0.351 e. The molecule has 0 atom stereocenters. The van der Waals surface area contributed by atoms with E-state index >= 15 is 0 Å². The standard InChI is InChI=1S/C11H13N5O/c17-11(10-9-12-5-6-13-10)14-3-1-7-16-8-2-4-15-16/h2,4-6,8-9H,1,3,7H2,(H,14,17). The van der Waals surface area contributed by atoms with Gasteiger partial charge in [0.05, 0.1) is 6.20 Å². The molecule has 0 saturated carbocycles. The Kier molecular flexibility index (Phi) is 3.80. The summed E-state index contributed by atoms with van der Waals surface area (Å²) in [7, 11) is 0. The van der Waals surface area contributed by atoms with E-state index in [0.717, 1.165) is 13.0 Å². The third-order valence-electron chi connectivity index (χ3n) is 2.20. The molecule has 88 valence electrons. The molecular formula is C11H13N5O. The molecule has 0 aliphatic carbocycles. The molecule has 0 spiro atoms. The molecule has 0 unspecified atom stereocenters. The Hall–Kier alpha value is -2.24. The third-order valence-corrected chi connectivity index (χ3v) is 2.20. The van der Waals surface area contributed by atoms with Crippen LogP contribution < -0.4 is 5.32 Å². The van der Waals surface area contributed by atoms with E-state index < -0.39 is 0 Å². The number of carbonyl (C=O) groups is 1. The molecule has 6 nitrogen and oxygen atoms in total. The number of carbonyl (C=O) groups excluding carboxylic acids is 1. The van der Waals surface area contributed by atoms with E-state index in [2.05, 4.69) is 20.4 Å². The van der Waals surface area contributed by atoms with Crippen molar-refractivity contribution in [2.75, 3.05) is 6.54 Å². The Morgan fingerprint density at radius 3 is 3.00 bits per heavy atom. The molecule has 17 heavy (non-hydrogen) atoms. The first kappa shape index (κ1) is 11.3. The smallest absolute Gasteiger partial charge is 0.271 e. The molecule has 6 heteroatoms. The van der Waals surface area contributed by atoms with Crippen molar-refractivity contribution >= 4 is 5.91 Å². The van der Waals surface area contributed by atoms with Gasteiger partial charge in [-0.2, -0.15) is 5.10 Å². The van der Waals surface area contributed by atoms with E-state index in [4.69, 9.17) is 0 Å². The van der Waals surface area contributed by atoms with Crippen LogP contribution in [0.25, 0.3) is 0 Å². The summed E-state index contributed by atoms with van der Waals surface area (Å²) in [6.07, 6.45) is 8.94. The van der Waals surface area contributed by atoms with Gasteiger partial charge in [-0.1, -0.05) is 0 Å². The van der Waals surface area contributed by atoms with Crippen molar-refractivity contribution in [1.82, 2.24) is 25.1 Å². The van der Waals surface area contributed by atoms with Gasteiger partial charge in [-0.15, -0.1) is 0 Å². The Labute approximate surface area is 98.7 Å². The van der Waals surface area contributed by atoms with Crippen molar-refractivity contribution in [2.24, 2.45) is 0 Å². The maximum absolute atomic E-state index is 11.6. The van der Waals surface area contributed by atoms with Crippen molar-refractivity contribution in [3.05, 3.63) is 42.7 Å². The highest BCUT2D eigenvalue weighted by Crippen LogP contribution is 1.91. The minimum absolute atomic E-state index is 0.196. The fourth-order valence-corrected chi connectivity index (χ4v) is 1.38. The monoisotopic (exact) mass is 231 g/mol. The number of hydrogen-bond donors (Lipinski definition) is 1. The second-order valence-electron chi connectivity index (χ2n) is 3.47. The van der Waals surface area contributed by atoms with Crippen LogP contribution in [-0.4, -0.2) is 32.2 Å². The molecule has 0 bridgehead atoms. The zero-order chi connectivity index (χ0) is 11.9. The number of amides is 1. The normalized spacial score (nSPS) is 10.1. The van der Waals surface area contributed by atoms with Gasteiger partial charge in [0.15, 0.2) is 0 Å². The van der Waals surface area contributed by atoms with Crippen molar-refractivity contribution < 1.29 is 4.79 Å². The number of aromatic nitrogens is 4. The van der Waals surface area contributed by atoms with Crippen LogP contribution >= 0.6 is 0 Å². The summed E-state index contributed by atoms with van der Waals surface area (Å²) in [6, 6.07) is 1.87. The van der Waals surface area contributed by atoms with Crippen LogP contribution in [0.4, 0.5) is 0 Å². The number of nitrogens with zero attached hydrogens (tertiary/aromatic N) is 4. The summed E-state index contributed by atoms with van der Waals surface area (Å²) < 4.78 is 1.83. The van der Waals surface area contributed by atoms with Crippen LogP contribution in [0.1, 0.15) is 16.9 Å². The topological polar surface area (TPSA) is 72.7 Å². The lowest BCUT2D eigenvalue weighted by Crippen LogP contribution is -2.26. The molecule has 1 amide bonds. The number of nitrogens with one attached hydrogen (secondary N) is 1. The van der Waals surface area contributed by atoms with E-state index in [-0.39, 0.29) is 5.91 Å². The predicted molar refractivity (Wildman–Crippen MR) is 61.2 cm³/mol. The van der Waals surface area contributed by atoms with E-state index in [0.29, 0.717) is 12.2 Å². The van der Waals surface area contributed by atoms with E-state index in [9.17, 15) is 4.79 Å². The Balaban J connectivity index is 1.70. The Morgan fingerprint density at radius 2 is 2.29 bits per heavy atom. The Morgan fingerprint density at radius 1 is 1.35 bits per heavy atom. The molecule has 0 aromatic carbocycles. The molecule has 0 aliphatic rings. The zero-order valence-corrected chi connectivity index (χ0v) is 9.28. The summed E-state index contributed by atoms with van der Waals surface area (Å²) >= 11 is 0. The maximum Gasteiger partial charge on any atom is 0.271 e. The summed E-state index contributed by atoms with van der Waals surface area (Å²) in [5.74, 6) is -0.196. The van der Waals surface area contributed by atoms with Gasteiger partial charge in [-0.25, -0.2) is 4.98 Å². The highest BCUT2D eigenvalue weighted by molar-refractivity contribution is 5.91. The number of rotatable bonds is 5. The number of aryl methyl sites for hydroxylation is 1. The molecule has 2 aromatic rings. The highest BCUT2D eigenvalue weighted by Gasteiger charge is 2.04. The molecule has 2 heterocycles. The Bertz CT molecular complexity index is 454. The van der Waals surface area contributed by atoms with Gasteiger partial charge < -0.3 is 5.32 Å². The van der Waals surface area contributed by atoms with Crippen molar-refractivity contribution in [1.29, 1.82) is 0 Å². The average Bonchev–Trinajstić information content (AvgIpc) is 2.88. The van der Waals surface area contributed by atoms with Crippen LogP contribution in [-0.2, 0) is 6.54 Å². The molecule has 0 saturated heterocycles. The van der Waals surface area contributed by atoms with E-state index in [1.54, 1.807) is 6.20 Å². The summed E-state index contributed by atoms with van der Waals surface area (Å²) in [4.78, 5) is 19.3. The van der Waals surface area contributed by atoms with Gasteiger partial charge in [-0.3, -0.25) is 14.5 Å². The van der Waals surface area contributed by atoms with Gasteiger partial charge >= 0.3 is 0 Å². The third kappa shape index (κ3) is 3.37. The summed E-state index contributed by atoms with van der Waals surface area (Å²) in [5.41, 5.74) is 0.339. The maximum atomic E-state index is 11.6. The van der Waals surface area contributed by atoms with Crippen molar-refractivity contribution in [2.45, 2.75) is 13.0 Å². The molecular weight excluding hydrogens is 218 g/mol. The molecule has 2 rings (SSSR count). The zero-order valence-electron chi connectivity index (χ0n) is 9.28. The van der Waals surface area contributed by atoms with Gasteiger partial charge in [0, 0.05) is 37.9 Å². The van der Waals surface area contributed by atoms with Crippen LogP contribution in [0.2, 0.25) is 0 Å². The predicted octanol–water partition coefficient (Wildman–Crippen LogP) is 0.493. The van der Waals surface area contributed by atoms with Gasteiger partial charge in [0.1, 0.15) is 5.69 Å². The quantitative estimate of drug-likeness (QED) is 0.760. The number of hydrogen-bond acceptors (Lipinski definition) is 4. The van der Waals surface area contributed by atoms with E-state index in [1.807, 2.05) is 16.9 Å². The molecule has 0 aliphatic heterocycles.